The monoisotopic (exact) mass is 959 g/mol. The van der Waals surface area contributed by atoms with Gasteiger partial charge in [0.05, 0.1) is 64.3 Å². The van der Waals surface area contributed by atoms with Crippen LogP contribution < -0.4 is 16.4 Å². The maximum Gasteiger partial charge on any atom is 0.216 e. The Morgan fingerprint density at radius 2 is 1.14 bits per heavy atom. The molecule has 3 aliphatic carbocycles. The lowest BCUT2D eigenvalue weighted by molar-refractivity contribution is -0.119. The highest BCUT2D eigenvalue weighted by molar-refractivity contribution is 5.75. The lowest BCUT2D eigenvalue weighted by Crippen LogP contribution is -2.33. The minimum atomic E-state index is 0.0366. The van der Waals surface area contributed by atoms with Crippen molar-refractivity contribution in [2.45, 2.75) is 134 Å². The molecule has 374 valence electrons. The number of nitrogens with zero attached hydrogens (tertiary/aromatic N) is 7. The summed E-state index contributed by atoms with van der Waals surface area (Å²) in [6.45, 7) is 7.49. The minimum absolute atomic E-state index is 0.0366. The van der Waals surface area contributed by atoms with Gasteiger partial charge in [-0.15, -0.1) is 0 Å². The van der Waals surface area contributed by atoms with Crippen molar-refractivity contribution in [2.75, 3.05) is 32.7 Å². The van der Waals surface area contributed by atoms with Crippen molar-refractivity contribution in [3.8, 4) is 0 Å². The maximum atomic E-state index is 11.1. The number of hydrogen-bond donors (Lipinski definition) is 5. The van der Waals surface area contributed by atoms with E-state index in [1.165, 1.54) is 65.9 Å². The number of aromatic amines is 2. The summed E-state index contributed by atoms with van der Waals surface area (Å²) >= 11 is 0. The van der Waals surface area contributed by atoms with Gasteiger partial charge in [0.1, 0.15) is 17.9 Å². The number of unbranched alkanes of at least 4 members (excludes halogenated alkanes) is 3. The number of nitrogens with two attached hydrogens (primary N) is 1. The fourth-order valence-corrected chi connectivity index (χ4v) is 10.6. The highest BCUT2D eigenvalue weighted by Crippen LogP contribution is 2.35. The molecule has 0 bridgehead atoms. The van der Waals surface area contributed by atoms with Crippen molar-refractivity contribution in [3.05, 3.63) is 149 Å². The summed E-state index contributed by atoms with van der Waals surface area (Å²) in [4.78, 5) is 57.2. The molecule has 0 radical (unpaired) electrons. The van der Waals surface area contributed by atoms with E-state index in [9.17, 15) is 9.59 Å². The molecule has 0 fully saturated rings. The molecular weight excluding hydrogens is 885 g/mol. The fraction of sp³-hybridized carbons (Fsp3) is 0.456. The van der Waals surface area contributed by atoms with Crippen LogP contribution in [0.1, 0.15) is 148 Å². The smallest absolute Gasteiger partial charge is 0.216 e. The van der Waals surface area contributed by atoms with Gasteiger partial charge in [-0.2, -0.15) is 0 Å². The van der Waals surface area contributed by atoms with Crippen molar-refractivity contribution < 1.29 is 9.59 Å². The maximum absolute atomic E-state index is 11.1. The molecule has 3 aliphatic rings. The first-order chi connectivity index (χ1) is 35.0. The molecule has 2 aromatic carbocycles. The van der Waals surface area contributed by atoms with Gasteiger partial charge in [0.15, 0.2) is 0 Å². The van der Waals surface area contributed by atoms with Crippen molar-refractivity contribution in [2.24, 2.45) is 5.73 Å². The summed E-state index contributed by atoms with van der Waals surface area (Å²) in [5.41, 5.74) is 17.5. The van der Waals surface area contributed by atoms with Crippen LogP contribution in [0.4, 0.5) is 0 Å². The third-order valence-corrected chi connectivity index (χ3v) is 14.0. The number of H-pyrrole nitrogens is 2. The lowest BCUT2D eigenvalue weighted by Gasteiger charge is -2.34. The van der Waals surface area contributed by atoms with Crippen molar-refractivity contribution >= 4 is 34.3 Å². The number of amides is 1. The van der Waals surface area contributed by atoms with E-state index in [-0.39, 0.29) is 5.91 Å². The van der Waals surface area contributed by atoms with Gasteiger partial charge in [-0.1, -0.05) is 42.5 Å². The first kappa shape index (κ1) is 51.2. The third-order valence-electron chi connectivity index (χ3n) is 14.0. The number of aryl methyl sites for hydroxylation is 3. The Labute approximate surface area is 419 Å². The minimum Gasteiger partial charge on any atom is -0.356 e. The average molecular weight is 959 g/mol. The number of nitrogens with one attached hydrogen (secondary N) is 4. The van der Waals surface area contributed by atoms with Gasteiger partial charge in [0, 0.05) is 44.5 Å². The van der Waals surface area contributed by atoms with Crippen molar-refractivity contribution in [1.29, 1.82) is 0 Å². The van der Waals surface area contributed by atoms with E-state index in [4.69, 9.17) is 25.7 Å². The number of aldehydes is 1. The van der Waals surface area contributed by atoms with E-state index in [1.807, 2.05) is 73.2 Å². The van der Waals surface area contributed by atoms with E-state index in [1.54, 1.807) is 6.92 Å². The second-order valence-electron chi connectivity index (χ2n) is 19.2. The summed E-state index contributed by atoms with van der Waals surface area (Å²) < 4.78 is 0. The molecule has 71 heavy (non-hydrogen) atoms. The fourth-order valence-electron chi connectivity index (χ4n) is 10.6. The Balaban J connectivity index is 0.000000149. The Kier molecular flexibility index (Phi) is 19.4. The van der Waals surface area contributed by atoms with E-state index >= 15 is 0 Å². The van der Waals surface area contributed by atoms with E-state index in [2.05, 4.69) is 65.7 Å². The standard InChI is InChI=1S/C23H29N5O.C21H24N4O.C13H21N3/c1-17(29)24-13-4-5-15-28(16-22-26-19-10-2-3-11-20(19)27-22)21-12-6-8-18-9-7-14-25-23(18)21;26-14-4-3-13-25(15-20-23-17-9-1-2-10-18(17)24-20)19-11-5-7-16-8-6-12-22-21(16)19;14-8-1-2-9-15-12-7-3-5-11-6-4-10-16-13(11)12/h2-3,7,9-11,14,21H,4-6,8,12-13,15-16H2,1H3,(H,24,29)(H,26,27);1-2,6,8-10,12,14,19H,3-5,7,11,13,15H2,(H,23,24);4,6,10,12,15H,1-3,5,7-9,14H2/t21-;19-;12-/m000/s1. The largest absolute Gasteiger partial charge is 0.356 e. The molecule has 14 heteroatoms. The topological polar surface area (TPSA) is 187 Å². The average Bonchev–Trinajstić information content (AvgIpc) is 4.03. The zero-order valence-electron chi connectivity index (χ0n) is 41.7. The molecule has 10 rings (SSSR count). The SMILES string of the molecule is CC(=O)NCCCCN(Cc1nc2ccccc2[nH]1)[C@H]1CCCc2cccnc21.NCCCCN[C@H]1CCCc2cccnc21.O=CCCCN(Cc1nc2ccccc2[nH]1)[C@H]1CCCc2cccnc21. The molecule has 1 amide bonds. The number of carbonyl (C=O) groups is 2. The van der Waals surface area contributed by atoms with Crippen LogP contribution in [-0.2, 0) is 41.9 Å². The number of imidazole rings is 2. The molecule has 0 spiro atoms. The van der Waals surface area contributed by atoms with Crippen LogP contribution in [0.5, 0.6) is 0 Å². The van der Waals surface area contributed by atoms with E-state index < -0.39 is 0 Å². The van der Waals surface area contributed by atoms with Gasteiger partial charge < -0.3 is 31.1 Å². The number of carbonyl (C=O) groups excluding carboxylic acids is 2. The molecule has 5 heterocycles. The molecule has 3 atom stereocenters. The van der Waals surface area contributed by atoms with Gasteiger partial charge in [-0.05, 0) is 175 Å². The molecule has 0 saturated heterocycles. The van der Waals surface area contributed by atoms with Gasteiger partial charge in [0.25, 0.3) is 0 Å². The van der Waals surface area contributed by atoms with Crippen LogP contribution in [0.2, 0.25) is 0 Å². The Morgan fingerprint density at radius 1 is 0.634 bits per heavy atom. The quantitative estimate of drug-likeness (QED) is 0.0362. The van der Waals surface area contributed by atoms with Crippen molar-refractivity contribution in [1.82, 2.24) is 55.3 Å². The number of aromatic nitrogens is 7. The zero-order chi connectivity index (χ0) is 49.0. The molecule has 0 unspecified atom stereocenters. The van der Waals surface area contributed by atoms with Gasteiger partial charge >= 0.3 is 0 Å². The number of rotatable bonds is 20. The van der Waals surface area contributed by atoms with Crippen LogP contribution in [0.15, 0.2) is 104 Å². The molecular formula is C57H74N12O2. The predicted octanol–water partition coefficient (Wildman–Crippen LogP) is 9.36. The van der Waals surface area contributed by atoms with Crippen LogP contribution in [0.3, 0.4) is 0 Å². The molecule has 7 aromatic rings. The number of hydrogen-bond acceptors (Lipinski definition) is 11. The first-order valence-electron chi connectivity index (χ1n) is 26.3. The number of pyridine rings is 3. The summed E-state index contributed by atoms with van der Waals surface area (Å²) in [7, 11) is 0. The summed E-state index contributed by atoms with van der Waals surface area (Å²) in [6, 6.07) is 30.1. The van der Waals surface area contributed by atoms with Crippen LogP contribution in [0.25, 0.3) is 22.1 Å². The Hall–Kier alpha value is -6.19. The Bertz CT molecular complexity index is 2670. The van der Waals surface area contributed by atoms with E-state index in [0.29, 0.717) is 24.5 Å². The second kappa shape index (κ2) is 26.9. The lowest BCUT2D eigenvalue weighted by atomic mass is 9.90. The molecule has 5 aromatic heterocycles. The second-order valence-corrected chi connectivity index (χ2v) is 19.2. The summed E-state index contributed by atoms with van der Waals surface area (Å²) in [5.74, 6) is 2.01. The number of benzene rings is 2. The predicted molar refractivity (Wildman–Crippen MR) is 282 cm³/mol. The molecule has 0 saturated carbocycles. The van der Waals surface area contributed by atoms with Gasteiger partial charge in [-0.25, -0.2) is 9.97 Å². The number of para-hydroxylation sites is 4. The van der Waals surface area contributed by atoms with Crippen LogP contribution in [-0.4, -0.2) is 89.6 Å². The van der Waals surface area contributed by atoms with Gasteiger partial charge in [0.2, 0.25) is 5.91 Å². The Morgan fingerprint density at radius 3 is 1.68 bits per heavy atom. The normalized spacial score (nSPS) is 17.1. The molecule has 0 aliphatic heterocycles. The number of fused-ring (bicyclic) bond motifs is 5. The van der Waals surface area contributed by atoms with E-state index in [0.717, 1.165) is 144 Å². The molecule has 6 N–H and O–H groups in total. The highest BCUT2D eigenvalue weighted by atomic mass is 16.1. The summed E-state index contributed by atoms with van der Waals surface area (Å²) in [5, 5.41) is 6.49. The highest BCUT2D eigenvalue weighted by Gasteiger charge is 2.29. The third kappa shape index (κ3) is 14.5. The zero-order valence-corrected chi connectivity index (χ0v) is 41.7. The van der Waals surface area contributed by atoms with Crippen LogP contribution >= 0.6 is 0 Å². The van der Waals surface area contributed by atoms with Crippen molar-refractivity contribution in [3.63, 3.8) is 0 Å². The summed E-state index contributed by atoms with van der Waals surface area (Å²) in [6.07, 6.45) is 22.9. The van der Waals surface area contributed by atoms with Crippen LogP contribution in [0, 0.1) is 0 Å². The molecule has 14 nitrogen and oxygen atoms in total. The van der Waals surface area contributed by atoms with Gasteiger partial charge in [-0.3, -0.25) is 29.5 Å². The first-order valence-corrected chi connectivity index (χ1v) is 26.3.